The van der Waals surface area contributed by atoms with Crippen LogP contribution >= 0.6 is 12.6 Å². The zero-order valence-corrected chi connectivity index (χ0v) is 14.8. The van der Waals surface area contributed by atoms with E-state index in [-0.39, 0.29) is 29.7 Å². The number of hydrogen-bond acceptors (Lipinski definition) is 4. The van der Waals surface area contributed by atoms with Crippen LogP contribution in [0.3, 0.4) is 0 Å². The highest BCUT2D eigenvalue weighted by Gasteiger charge is 2.57. The SMILES string of the molecule is CC1(C)C2CC(O[B]C3CCCN3C(=O)CNC=O)C(S)C1C2. The van der Waals surface area contributed by atoms with Gasteiger partial charge in [0.05, 0.1) is 12.6 Å². The lowest BCUT2D eigenvalue weighted by Gasteiger charge is -2.61. The van der Waals surface area contributed by atoms with Gasteiger partial charge in [-0.3, -0.25) is 9.59 Å². The summed E-state index contributed by atoms with van der Waals surface area (Å²) >= 11 is 4.81. The van der Waals surface area contributed by atoms with E-state index in [2.05, 4.69) is 19.2 Å². The fraction of sp³-hybridized carbons (Fsp3) is 0.875. The summed E-state index contributed by atoms with van der Waals surface area (Å²) in [6.07, 6.45) is 4.94. The molecule has 1 radical (unpaired) electrons. The Bertz CT molecular complexity index is 476. The van der Waals surface area contributed by atoms with Crippen LogP contribution < -0.4 is 5.32 Å². The molecule has 2 amide bonds. The first-order valence-corrected chi connectivity index (χ1v) is 9.10. The van der Waals surface area contributed by atoms with E-state index in [1.807, 2.05) is 7.48 Å². The van der Waals surface area contributed by atoms with Crippen LogP contribution in [0.5, 0.6) is 0 Å². The van der Waals surface area contributed by atoms with Gasteiger partial charge in [0.1, 0.15) is 0 Å². The number of nitrogens with zero attached hydrogens (tertiary/aromatic N) is 1. The Hall–Kier alpha value is -0.685. The highest BCUT2D eigenvalue weighted by atomic mass is 32.1. The summed E-state index contributed by atoms with van der Waals surface area (Å²) in [6.45, 7) is 5.47. The van der Waals surface area contributed by atoms with Crippen molar-refractivity contribution in [2.45, 2.75) is 56.8 Å². The van der Waals surface area contributed by atoms with Gasteiger partial charge in [0.15, 0.2) is 0 Å². The lowest BCUT2D eigenvalue weighted by Crippen LogP contribution is -2.59. The molecule has 3 saturated carbocycles. The van der Waals surface area contributed by atoms with Crippen molar-refractivity contribution in [1.29, 1.82) is 0 Å². The van der Waals surface area contributed by atoms with Gasteiger partial charge in [0, 0.05) is 17.7 Å². The van der Waals surface area contributed by atoms with E-state index < -0.39 is 0 Å². The van der Waals surface area contributed by atoms with Gasteiger partial charge in [-0.15, -0.1) is 0 Å². The maximum atomic E-state index is 12.1. The summed E-state index contributed by atoms with van der Waals surface area (Å²) in [5.41, 5.74) is 0.391. The van der Waals surface area contributed by atoms with Gasteiger partial charge in [0.2, 0.25) is 12.3 Å². The number of amides is 2. The monoisotopic (exact) mass is 337 g/mol. The van der Waals surface area contributed by atoms with Crippen LogP contribution in [0.4, 0.5) is 0 Å². The van der Waals surface area contributed by atoms with Crippen LogP contribution in [-0.2, 0) is 14.2 Å². The lowest BCUT2D eigenvalue weighted by atomic mass is 9.48. The van der Waals surface area contributed by atoms with Crippen molar-refractivity contribution >= 4 is 32.4 Å². The molecular weight excluding hydrogens is 311 g/mol. The Labute approximate surface area is 144 Å². The molecule has 0 spiro atoms. The van der Waals surface area contributed by atoms with E-state index in [4.69, 9.17) is 17.3 Å². The van der Waals surface area contributed by atoms with Crippen molar-refractivity contribution in [2.75, 3.05) is 13.1 Å². The van der Waals surface area contributed by atoms with E-state index >= 15 is 0 Å². The molecule has 1 saturated heterocycles. The summed E-state index contributed by atoms with van der Waals surface area (Å²) in [5, 5.41) is 2.71. The zero-order valence-electron chi connectivity index (χ0n) is 13.9. The van der Waals surface area contributed by atoms with Crippen molar-refractivity contribution in [1.82, 2.24) is 10.2 Å². The van der Waals surface area contributed by atoms with Crippen molar-refractivity contribution in [3.63, 3.8) is 0 Å². The molecule has 1 heterocycles. The normalized spacial score (nSPS) is 37.9. The van der Waals surface area contributed by atoms with E-state index in [1.165, 1.54) is 6.42 Å². The lowest BCUT2D eigenvalue weighted by molar-refractivity contribution is -0.131. The predicted molar refractivity (Wildman–Crippen MR) is 92.2 cm³/mol. The number of carbonyl (C=O) groups is 2. The molecule has 23 heavy (non-hydrogen) atoms. The van der Waals surface area contributed by atoms with Gasteiger partial charge < -0.3 is 14.9 Å². The van der Waals surface area contributed by atoms with Crippen LogP contribution in [0.1, 0.15) is 39.5 Å². The molecule has 127 valence electrons. The zero-order chi connectivity index (χ0) is 16.6. The van der Waals surface area contributed by atoms with Crippen molar-refractivity contribution < 1.29 is 14.2 Å². The Kier molecular flexibility index (Phi) is 4.97. The number of likely N-dealkylation sites (tertiary alicyclic amines) is 1. The van der Waals surface area contributed by atoms with Crippen LogP contribution in [-0.4, -0.2) is 55.1 Å². The summed E-state index contributed by atoms with van der Waals surface area (Å²) in [7, 11) is 1.84. The Balaban J connectivity index is 1.50. The van der Waals surface area contributed by atoms with Crippen molar-refractivity contribution in [3.8, 4) is 0 Å². The average Bonchev–Trinajstić information content (AvgIpc) is 2.99. The number of fused-ring (bicyclic) bond motifs is 2. The van der Waals surface area contributed by atoms with Crippen LogP contribution in [0.15, 0.2) is 0 Å². The molecule has 3 aliphatic carbocycles. The first-order chi connectivity index (χ1) is 10.9. The molecule has 4 fully saturated rings. The number of rotatable bonds is 6. The Morgan fingerprint density at radius 1 is 1.48 bits per heavy atom. The molecule has 4 rings (SSSR count). The first kappa shape index (κ1) is 17.1. The average molecular weight is 337 g/mol. The number of hydrogen-bond donors (Lipinski definition) is 2. The second-order valence-corrected chi connectivity index (χ2v) is 8.29. The topological polar surface area (TPSA) is 58.6 Å². The van der Waals surface area contributed by atoms with E-state index in [0.717, 1.165) is 31.7 Å². The molecule has 5 atom stereocenters. The molecule has 0 aromatic rings. The molecule has 0 aromatic heterocycles. The van der Waals surface area contributed by atoms with E-state index in [0.29, 0.717) is 17.7 Å². The minimum Gasteiger partial charge on any atom is -0.434 e. The van der Waals surface area contributed by atoms with Gasteiger partial charge in [-0.2, -0.15) is 12.6 Å². The highest BCUT2D eigenvalue weighted by molar-refractivity contribution is 7.81. The number of nitrogens with one attached hydrogen (secondary N) is 1. The standard InChI is InChI=1S/C16H26BN2O3S/c1-16(2)10-6-11(16)15(23)12(7-10)22-17-13-4-3-5-19(13)14(21)8-18-9-20/h9-13,15,23H,3-8H2,1-2H3,(H,18,20). The second kappa shape index (κ2) is 6.67. The molecule has 2 bridgehead atoms. The number of thiol groups is 1. The highest BCUT2D eigenvalue weighted by Crippen LogP contribution is 2.60. The van der Waals surface area contributed by atoms with Crippen LogP contribution in [0, 0.1) is 17.3 Å². The van der Waals surface area contributed by atoms with Crippen molar-refractivity contribution in [2.24, 2.45) is 17.3 Å². The molecule has 5 nitrogen and oxygen atoms in total. The van der Waals surface area contributed by atoms with Gasteiger partial charge in [-0.05, 0) is 42.9 Å². The second-order valence-electron chi connectivity index (χ2n) is 7.69. The fourth-order valence-corrected chi connectivity index (χ4v) is 5.21. The van der Waals surface area contributed by atoms with Gasteiger partial charge in [-0.25, -0.2) is 0 Å². The van der Waals surface area contributed by atoms with Gasteiger partial charge in [-0.1, -0.05) is 13.8 Å². The minimum atomic E-state index is -0.0468. The summed E-state index contributed by atoms with van der Waals surface area (Å²) < 4.78 is 6.07. The van der Waals surface area contributed by atoms with E-state index in [1.54, 1.807) is 4.90 Å². The molecule has 5 unspecified atom stereocenters. The van der Waals surface area contributed by atoms with Gasteiger partial charge in [0.25, 0.3) is 0 Å². The summed E-state index contributed by atoms with van der Waals surface area (Å²) in [4.78, 5) is 24.2. The quantitative estimate of drug-likeness (QED) is 0.433. The fourth-order valence-electron chi connectivity index (χ4n) is 4.52. The number of carbonyl (C=O) groups excluding carboxylic acids is 2. The molecule has 7 heteroatoms. The Morgan fingerprint density at radius 2 is 2.26 bits per heavy atom. The van der Waals surface area contributed by atoms with Crippen LogP contribution in [0.25, 0.3) is 0 Å². The maximum Gasteiger partial charge on any atom is 0.317 e. The van der Waals surface area contributed by atoms with Crippen molar-refractivity contribution in [3.05, 3.63) is 0 Å². The third-order valence-corrected chi connectivity index (χ3v) is 6.92. The molecule has 1 aliphatic heterocycles. The van der Waals surface area contributed by atoms with E-state index in [9.17, 15) is 9.59 Å². The Morgan fingerprint density at radius 3 is 2.91 bits per heavy atom. The maximum absolute atomic E-state index is 12.1. The molecule has 1 N–H and O–H groups in total. The molecular formula is C16H26BN2O3S. The van der Waals surface area contributed by atoms with Crippen LogP contribution in [0.2, 0.25) is 0 Å². The molecule has 0 aromatic carbocycles. The minimum absolute atomic E-state index is 0.0164. The van der Waals surface area contributed by atoms with Gasteiger partial charge >= 0.3 is 7.48 Å². The summed E-state index contributed by atoms with van der Waals surface area (Å²) in [5.74, 6) is 1.32. The smallest absolute Gasteiger partial charge is 0.317 e. The first-order valence-electron chi connectivity index (χ1n) is 8.58. The summed E-state index contributed by atoms with van der Waals surface area (Å²) in [6, 6.07) is 0. The molecule has 4 aliphatic rings. The largest absolute Gasteiger partial charge is 0.434 e. The predicted octanol–water partition coefficient (Wildman–Crippen LogP) is 1.05. The third-order valence-electron chi connectivity index (χ3n) is 6.22. The third kappa shape index (κ3) is 3.14.